The molecule has 0 fully saturated rings. The number of rotatable bonds is 4. The SMILES string of the molecule is CNc1nc(C)cc(N(C)CCC(F)(F)F)n1. The molecule has 0 bridgehead atoms. The number of nitrogens with zero attached hydrogens (tertiary/aromatic N) is 3. The van der Waals surface area contributed by atoms with Crippen LogP contribution >= 0.6 is 0 Å². The van der Waals surface area contributed by atoms with Crippen LogP contribution in [0.5, 0.6) is 0 Å². The number of hydrogen-bond acceptors (Lipinski definition) is 4. The van der Waals surface area contributed by atoms with Gasteiger partial charge in [-0.1, -0.05) is 0 Å². The largest absolute Gasteiger partial charge is 0.390 e. The highest BCUT2D eigenvalue weighted by Gasteiger charge is 2.27. The van der Waals surface area contributed by atoms with Crippen molar-refractivity contribution in [3.05, 3.63) is 11.8 Å². The highest BCUT2D eigenvalue weighted by Crippen LogP contribution is 2.21. The van der Waals surface area contributed by atoms with Gasteiger partial charge in [0.1, 0.15) is 5.82 Å². The molecular formula is C10H15F3N4. The number of hydrogen-bond donors (Lipinski definition) is 1. The molecule has 1 aromatic rings. The van der Waals surface area contributed by atoms with E-state index in [1.165, 1.54) is 4.90 Å². The van der Waals surface area contributed by atoms with Gasteiger partial charge in [-0.3, -0.25) is 0 Å². The van der Waals surface area contributed by atoms with E-state index >= 15 is 0 Å². The normalized spacial score (nSPS) is 11.4. The summed E-state index contributed by atoms with van der Waals surface area (Å²) >= 11 is 0. The zero-order valence-corrected chi connectivity index (χ0v) is 9.97. The number of anilines is 2. The maximum absolute atomic E-state index is 12.1. The van der Waals surface area contributed by atoms with Crippen molar-refractivity contribution in [3.63, 3.8) is 0 Å². The lowest BCUT2D eigenvalue weighted by Gasteiger charge is -2.19. The lowest BCUT2D eigenvalue weighted by molar-refractivity contribution is -0.132. The molecule has 0 unspecified atom stereocenters. The Morgan fingerprint density at radius 3 is 2.53 bits per heavy atom. The van der Waals surface area contributed by atoms with Crippen LogP contribution in [-0.4, -0.2) is 36.8 Å². The lowest BCUT2D eigenvalue weighted by atomic mass is 10.3. The van der Waals surface area contributed by atoms with Gasteiger partial charge < -0.3 is 10.2 Å². The molecule has 4 nitrogen and oxygen atoms in total. The highest BCUT2D eigenvalue weighted by atomic mass is 19.4. The molecule has 1 rings (SSSR count). The van der Waals surface area contributed by atoms with Gasteiger partial charge in [0.05, 0.1) is 6.42 Å². The summed E-state index contributed by atoms with van der Waals surface area (Å²) in [6.45, 7) is 1.65. The molecule has 0 aliphatic heterocycles. The summed E-state index contributed by atoms with van der Waals surface area (Å²) < 4.78 is 36.3. The smallest absolute Gasteiger partial charge is 0.359 e. The van der Waals surface area contributed by atoms with Crippen molar-refractivity contribution in [1.29, 1.82) is 0 Å². The van der Waals surface area contributed by atoms with Crippen LogP contribution in [0.4, 0.5) is 24.9 Å². The molecule has 17 heavy (non-hydrogen) atoms. The van der Waals surface area contributed by atoms with Crippen molar-refractivity contribution in [2.75, 3.05) is 30.9 Å². The second kappa shape index (κ2) is 5.20. The maximum Gasteiger partial charge on any atom is 0.390 e. The third-order valence-electron chi connectivity index (χ3n) is 2.19. The van der Waals surface area contributed by atoms with Crippen LogP contribution in [0.1, 0.15) is 12.1 Å². The van der Waals surface area contributed by atoms with Gasteiger partial charge >= 0.3 is 6.18 Å². The molecule has 96 valence electrons. The average molecular weight is 248 g/mol. The molecule has 0 aliphatic rings. The Kier molecular flexibility index (Phi) is 4.14. The van der Waals surface area contributed by atoms with Crippen molar-refractivity contribution in [2.24, 2.45) is 0 Å². The molecule has 0 saturated carbocycles. The molecule has 0 spiro atoms. The lowest BCUT2D eigenvalue weighted by Crippen LogP contribution is -2.25. The van der Waals surface area contributed by atoms with Crippen LogP contribution < -0.4 is 10.2 Å². The van der Waals surface area contributed by atoms with E-state index in [-0.39, 0.29) is 6.54 Å². The van der Waals surface area contributed by atoms with E-state index < -0.39 is 12.6 Å². The first-order chi connectivity index (χ1) is 7.81. The number of alkyl halides is 3. The minimum absolute atomic E-state index is 0.122. The van der Waals surface area contributed by atoms with Crippen molar-refractivity contribution < 1.29 is 13.2 Å². The second-order valence-electron chi connectivity index (χ2n) is 3.73. The highest BCUT2D eigenvalue weighted by molar-refractivity contribution is 5.43. The first-order valence-electron chi connectivity index (χ1n) is 5.13. The predicted molar refractivity (Wildman–Crippen MR) is 60.3 cm³/mol. The summed E-state index contributed by atoms with van der Waals surface area (Å²) in [7, 11) is 3.24. The summed E-state index contributed by atoms with van der Waals surface area (Å²) in [5.41, 5.74) is 0.707. The van der Waals surface area contributed by atoms with E-state index in [1.807, 2.05) is 0 Å². The van der Waals surface area contributed by atoms with Gasteiger partial charge in [0.2, 0.25) is 5.95 Å². The maximum atomic E-state index is 12.1. The molecule has 7 heteroatoms. The molecule has 0 aliphatic carbocycles. The summed E-state index contributed by atoms with van der Waals surface area (Å²) in [4.78, 5) is 9.62. The van der Waals surface area contributed by atoms with Crippen LogP contribution in [-0.2, 0) is 0 Å². The number of halogens is 3. The van der Waals surface area contributed by atoms with E-state index in [0.717, 1.165) is 0 Å². The Morgan fingerprint density at radius 1 is 1.35 bits per heavy atom. The topological polar surface area (TPSA) is 41.1 Å². The summed E-state index contributed by atoms with van der Waals surface area (Å²) in [6.07, 6.45) is -5.01. The Bertz CT molecular complexity index is 378. The van der Waals surface area contributed by atoms with E-state index in [1.54, 1.807) is 27.1 Å². The van der Waals surface area contributed by atoms with Crippen LogP contribution in [0.25, 0.3) is 0 Å². The fraction of sp³-hybridized carbons (Fsp3) is 0.600. The summed E-state index contributed by atoms with van der Waals surface area (Å²) in [6, 6.07) is 1.65. The summed E-state index contributed by atoms with van der Waals surface area (Å²) in [5, 5.41) is 2.76. The van der Waals surface area contributed by atoms with E-state index in [4.69, 9.17) is 0 Å². The van der Waals surface area contributed by atoms with Crippen LogP contribution in [0, 0.1) is 6.92 Å². The number of nitrogens with one attached hydrogen (secondary N) is 1. The van der Waals surface area contributed by atoms with Gasteiger partial charge in [-0.15, -0.1) is 0 Å². The fourth-order valence-corrected chi connectivity index (χ4v) is 1.27. The number of aromatic nitrogens is 2. The molecule has 0 saturated heterocycles. The zero-order chi connectivity index (χ0) is 13.1. The third-order valence-corrected chi connectivity index (χ3v) is 2.19. The molecular weight excluding hydrogens is 233 g/mol. The van der Waals surface area contributed by atoms with Gasteiger partial charge in [0, 0.05) is 32.4 Å². The average Bonchev–Trinajstić information content (AvgIpc) is 2.23. The molecule has 0 radical (unpaired) electrons. The van der Waals surface area contributed by atoms with Gasteiger partial charge in [-0.05, 0) is 6.92 Å². The standard InChI is InChI=1S/C10H15F3N4/c1-7-6-8(16-9(14-2)15-7)17(3)5-4-10(11,12)13/h6H,4-5H2,1-3H3,(H,14,15,16). The van der Waals surface area contributed by atoms with Crippen molar-refractivity contribution in [1.82, 2.24) is 9.97 Å². The zero-order valence-electron chi connectivity index (χ0n) is 9.97. The molecule has 1 heterocycles. The van der Waals surface area contributed by atoms with Gasteiger partial charge in [0.15, 0.2) is 0 Å². The molecule has 0 aromatic carbocycles. The second-order valence-corrected chi connectivity index (χ2v) is 3.73. The van der Waals surface area contributed by atoms with Crippen LogP contribution in [0.15, 0.2) is 6.07 Å². The Morgan fingerprint density at radius 2 is 2.00 bits per heavy atom. The van der Waals surface area contributed by atoms with Crippen molar-refractivity contribution in [2.45, 2.75) is 19.5 Å². The molecule has 1 N–H and O–H groups in total. The Balaban J connectivity index is 2.74. The summed E-state index contributed by atoms with van der Waals surface area (Å²) in [5.74, 6) is 0.880. The first kappa shape index (κ1) is 13.5. The Hall–Kier alpha value is -1.53. The Labute approximate surface area is 97.9 Å². The molecule has 0 atom stereocenters. The van der Waals surface area contributed by atoms with Gasteiger partial charge in [0.25, 0.3) is 0 Å². The van der Waals surface area contributed by atoms with Crippen LogP contribution in [0.3, 0.4) is 0 Å². The van der Waals surface area contributed by atoms with E-state index in [0.29, 0.717) is 17.5 Å². The van der Waals surface area contributed by atoms with Crippen LogP contribution in [0.2, 0.25) is 0 Å². The van der Waals surface area contributed by atoms with Crippen molar-refractivity contribution in [3.8, 4) is 0 Å². The van der Waals surface area contributed by atoms with Gasteiger partial charge in [-0.2, -0.15) is 18.2 Å². The van der Waals surface area contributed by atoms with E-state index in [9.17, 15) is 13.2 Å². The fourth-order valence-electron chi connectivity index (χ4n) is 1.27. The third kappa shape index (κ3) is 4.46. The minimum Gasteiger partial charge on any atom is -0.359 e. The number of aryl methyl sites for hydroxylation is 1. The molecule has 1 aromatic heterocycles. The van der Waals surface area contributed by atoms with E-state index in [2.05, 4.69) is 15.3 Å². The molecule has 0 amide bonds. The first-order valence-corrected chi connectivity index (χ1v) is 5.13. The van der Waals surface area contributed by atoms with Gasteiger partial charge in [-0.25, -0.2) is 4.98 Å². The van der Waals surface area contributed by atoms with Crippen molar-refractivity contribution >= 4 is 11.8 Å². The monoisotopic (exact) mass is 248 g/mol. The quantitative estimate of drug-likeness (QED) is 0.887. The minimum atomic E-state index is -4.15. The predicted octanol–water partition coefficient (Wildman–Crippen LogP) is 2.22.